The van der Waals surface area contributed by atoms with Crippen molar-refractivity contribution in [3.63, 3.8) is 0 Å². The molecule has 1 aromatic carbocycles. The van der Waals surface area contributed by atoms with Crippen LogP contribution in [0.5, 0.6) is 0 Å². The molecule has 0 saturated heterocycles. The third-order valence-corrected chi connectivity index (χ3v) is 4.91. The van der Waals surface area contributed by atoms with E-state index in [4.69, 9.17) is 18.0 Å². The van der Waals surface area contributed by atoms with Gasteiger partial charge in [-0.2, -0.15) is 0 Å². The van der Waals surface area contributed by atoms with Gasteiger partial charge in [0.1, 0.15) is 11.6 Å². The van der Waals surface area contributed by atoms with E-state index in [1.807, 2.05) is 17.7 Å². The Morgan fingerprint density at radius 1 is 1.52 bits per heavy atom. The average molecular weight is 366 g/mol. The lowest BCUT2D eigenvalue weighted by Gasteiger charge is -2.28. The van der Waals surface area contributed by atoms with Gasteiger partial charge in [-0.3, -0.25) is 0 Å². The van der Waals surface area contributed by atoms with Gasteiger partial charge in [0.15, 0.2) is 4.77 Å². The molecule has 2 amide bonds. The Morgan fingerprint density at radius 2 is 2.28 bits per heavy atom. The number of aromatic nitrogens is 2. The van der Waals surface area contributed by atoms with E-state index in [0.717, 1.165) is 11.8 Å². The van der Waals surface area contributed by atoms with Gasteiger partial charge in [0.2, 0.25) is 0 Å². The zero-order valence-corrected chi connectivity index (χ0v) is 14.6. The van der Waals surface area contributed by atoms with Gasteiger partial charge in [-0.15, -0.1) is 0 Å². The summed E-state index contributed by atoms with van der Waals surface area (Å²) in [7, 11) is 0. The minimum absolute atomic E-state index is 0.0169. The second-order valence-electron chi connectivity index (χ2n) is 6.49. The van der Waals surface area contributed by atoms with Crippen LogP contribution in [0.3, 0.4) is 0 Å². The van der Waals surface area contributed by atoms with Gasteiger partial charge < -0.3 is 20.6 Å². The van der Waals surface area contributed by atoms with E-state index in [9.17, 15) is 13.6 Å². The Balaban J connectivity index is 1.86. The lowest BCUT2D eigenvalue weighted by molar-refractivity contribution is 0.245. The van der Waals surface area contributed by atoms with E-state index >= 15 is 0 Å². The smallest absolute Gasteiger partial charge is 0.312 e. The maximum Gasteiger partial charge on any atom is 0.312 e. The lowest BCUT2D eigenvalue weighted by atomic mass is 9.87. The SMILES string of the molecule is CC(Cc1c[nH]c(=S)n1C1CCc2c(F)cc(F)cc2C1)NC(N)=O. The first kappa shape index (κ1) is 17.6. The first-order valence-corrected chi connectivity index (χ1v) is 8.57. The van der Waals surface area contributed by atoms with Crippen LogP contribution in [-0.2, 0) is 19.3 Å². The summed E-state index contributed by atoms with van der Waals surface area (Å²) in [4.78, 5) is 14.0. The molecule has 2 aromatic rings. The third kappa shape index (κ3) is 3.73. The van der Waals surface area contributed by atoms with Gasteiger partial charge in [-0.25, -0.2) is 13.6 Å². The number of urea groups is 1. The van der Waals surface area contributed by atoms with Crippen molar-refractivity contribution in [2.24, 2.45) is 5.73 Å². The lowest BCUT2D eigenvalue weighted by Crippen LogP contribution is -2.38. The van der Waals surface area contributed by atoms with E-state index in [1.165, 1.54) is 6.07 Å². The number of H-pyrrole nitrogens is 1. The summed E-state index contributed by atoms with van der Waals surface area (Å²) in [5, 5.41) is 2.64. The molecule has 1 heterocycles. The highest BCUT2D eigenvalue weighted by atomic mass is 32.1. The summed E-state index contributed by atoms with van der Waals surface area (Å²) in [6, 6.07) is 1.62. The Kier molecular flexibility index (Phi) is 4.89. The van der Waals surface area contributed by atoms with Crippen LogP contribution in [0.25, 0.3) is 0 Å². The van der Waals surface area contributed by atoms with Crippen molar-refractivity contribution in [3.8, 4) is 0 Å². The molecule has 5 nitrogen and oxygen atoms in total. The molecule has 2 unspecified atom stereocenters. The molecule has 0 saturated carbocycles. The van der Waals surface area contributed by atoms with Crippen LogP contribution in [-0.4, -0.2) is 21.6 Å². The highest BCUT2D eigenvalue weighted by Gasteiger charge is 2.25. The number of nitrogens with one attached hydrogen (secondary N) is 2. The van der Waals surface area contributed by atoms with Crippen molar-refractivity contribution in [3.05, 3.63) is 51.6 Å². The predicted octanol–water partition coefficient (Wildman–Crippen LogP) is 3.15. The van der Waals surface area contributed by atoms with Crippen LogP contribution >= 0.6 is 12.2 Å². The fourth-order valence-corrected chi connectivity index (χ4v) is 3.91. The highest BCUT2D eigenvalue weighted by molar-refractivity contribution is 7.71. The summed E-state index contributed by atoms with van der Waals surface area (Å²) >= 11 is 5.39. The van der Waals surface area contributed by atoms with E-state index in [0.29, 0.717) is 41.6 Å². The van der Waals surface area contributed by atoms with Crippen LogP contribution in [0.4, 0.5) is 13.6 Å². The normalized spacial score (nSPS) is 17.8. The summed E-state index contributed by atoms with van der Waals surface area (Å²) in [5.74, 6) is -1.04. The highest BCUT2D eigenvalue weighted by Crippen LogP contribution is 2.32. The number of rotatable bonds is 4. The van der Waals surface area contributed by atoms with Gasteiger partial charge >= 0.3 is 6.03 Å². The molecule has 3 rings (SSSR count). The molecular formula is C17H20F2N4OS. The molecule has 0 fully saturated rings. The number of primary amides is 1. The van der Waals surface area contributed by atoms with E-state index in [1.54, 1.807) is 0 Å². The molecule has 1 aromatic heterocycles. The Bertz CT molecular complexity index is 861. The second kappa shape index (κ2) is 6.95. The topological polar surface area (TPSA) is 75.8 Å². The van der Waals surface area contributed by atoms with Gasteiger partial charge in [0, 0.05) is 36.5 Å². The molecule has 0 aliphatic heterocycles. The number of halogens is 2. The standard InChI is InChI=1S/C17H20F2N4OS/c1-9(22-16(20)24)4-13-8-21-17(25)23(13)12-2-3-14-10(6-12)5-11(18)7-15(14)19/h5,7-9,12H,2-4,6H2,1H3,(H,21,25)(H3,20,22,24). The Morgan fingerprint density at radius 3 is 3.00 bits per heavy atom. The first-order valence-electron chi connectivity index (χ1n) is 8.16. The summed E-state index contributed by atoms with van der Waals surface area (Å²) in [6.45, 7) is 1.85. The molecular weight excluding hydrogens is 346 g/mol. The number of hydrogen-bond acceptors (Lipinski definition) is 2. The molecule has 25 heavy (non-hydrogen) atoms. The second-order valence-corrected chi connectivity index (χ2v) is 6.88. The van der Waals surface area contributed by atoms with Crippen LogP contribution in [0.2, 0.25) is 0 Å². The van der Waals surface area contributed by atoms with E-state index in [-0.39, 0.29) is 12.1 Å². The van der Waals surface area contributed by atoms with Crippen LogP contribution < -0.4 is 11.1 Å². The van der Waals surface area contributed by atoms with Crippen molar-refractivity contribution in [2.45, 2.75) is 44.7 Å². The molecule has 2 atom stereocenters. The van der Waals surface area contributed by atoms with Crippen molar-refractivity contribution < 1.29 is 13.6 Å². The van der Waals surface area contributed by atoms with Crippen LogP contribution in [0.15, 0.2) is 18.3 Å². The number of carbonyl (C=O) groups excluding carboxylic acids is 1. The maximum absolute atomic E-state index is 13.9. The van der Waals surface area contributed by atoms with Crippen molar-refractivity contribution >= 4 is 18.2 Å². The van der Waals surface area contributed by atoms with E-state index in [2.05, 4.69) is 10.3 Å². The minimum Gasteiger partial charge on any atom is -0.352 e. The number of amides is 2. The van der Waals surface area contributed by atoms with Gasteiger partial charge in [0.05, 0.1) is 0 Å². The summed E-state index contributed by atoms with van der Waals surface area (Å²) < 4.78 is 30.0. The molecule has 0 bridgehead atoms. The predicted molar refractivity (Wildman–Crippen MR) is 92.9 cm³/mol. The molecule has 134 valence electrons. The van der Waals surface area contributed by atoms with Gasteiger partial charge in [-0.1, -0.05) is 0 Å². The number of benzene rings is 1. The third-order valence-electron chi connectivity index (χ3n) is 4.60. The van der Waals surface area contributed by atoms with Crippen LogP contribution in [0, 0.1) is 16.4 Å². The largest absolute Gasteiger partial charge is 0.352 e. The fourth-order valence-electron chi connectivity index (χ4n) is 3.59. The zero-order valence-electron chi connectivity index (χ0n) is 13.8. The molecule has 1 aliphatic rings. The van der Waals surface area contributed by atoms with Crippen LogP contribution in [0.1, 0.15) is 36.2 Å². The molecule has 0 radical (unpaired) electrons. The zero-order chi connectivity index (χ0) is 18.1. The Labute approximate surface area is 149 Å². The van der Waals surface area contributed by atoms with Gasteiger partial charge in [0.25, 0.3) is 0 Å². The summed E-state index contributed by atoms with van der Waals surface area (Å²) in [5.41, 5.74) is 7.36. The first-order chi connectivity index (χ1) is 11.8. The number of aromatic amines is 1. The van der Waals surface area contributed by atoms with Crippen molar-refractivity contribution in [2.75, 3.05) is 0 Å². The molecule has 1 aliphatic carbocycles. The van der Waals surface area contributed by atoms with E-state index < -0.39 is 17.7 Å². The molecule has 8 heteroatoms. The van der Waals surface area contributed by atoms with Crippen molar-refractivity contribution in [1.29, 1.82) is 0 Å². The maximum atomic E-state index is 13.9. The number of nitrogens with zero attached hydrogens (tertiary/aromatic N) is 1. The molecule has 0 spiro atoms. The van der Waals surface area contributed by atoms with Gasteiger partial charge in [-0.05, 0) is 55.6 Å². The fraction of sp³-hybridized carbons (Fsp3) is 0.412. The quantitative estimate of drug-likeness (QED) is 0.727. The van der Waals surface area contributed by atoms with Crippen molar-refractivity contribution in [1.82, 2.24) is 14.9 Å². The Hall–Kier alpha value is -2.22. The number of hydrogen-bond donors (Lipinski definition) is 3. The minimum atomic E-state index is -0.578. The average Bonchev–Trinajstić information content (AvgIpc) is 2.86. The monoisotopic (exact) mass is 366 g/mol. The molecule has 4 N–H and O–H groups in total. The number of imidazole rings is 1. The number of nitrogens with two attached hydrogens (primary N) is 1. The number of carbonyl (C=O) groups is 1. The summed E-state index contributed by atoms with van der Waals surface area (Å²) in [6.07, 6.45) is 4.13. The number of fused-ring (bicyclic) bond motifs is 1.